The van der Waals surface area contributed by atoms with Crippen LogP contribution in [0.3, 0.4) is 0 Å². The Balaban J connectivity index is 1.11. The summed E-state index contributed by atoms with van der Waals surface area (Å²) < 4.78 is 6.76. The molecule has 1 aliphatic heterocycles. The number of thiophene rings is 1. The van der Waals surface area contributed by atoms with E-state index in [-0.39, 0.29) is 0 Å². The summed E-state index contributed by atoms with van der Waals surface area (Å²) in [6.07, 6.45) is 0. The van der Waals surface area contributed by atoms with Crippen molar-refractivity contribution in [3.63, 3.8) is 0 Å². The number of hydrogen-bond acceptors (Lipinski definition) is 4. The van der Waals surface area contributed by atoms with Crippen LogP contribution in [0.2, 0.25) is 0 Å². The molecule has 0 bridgehead atoms. The van der Waals surface area contributed by atoms with E-state index in [0.717, 1.165) is 55.2 Å². The van der Waals surface area contributed by atoms with E-state index in [2.05, 4.69) is 133 Å². The van der Waals surface area contributed by atoms with Crippen molar-refractivity contribution in [2.75, 3.05) is 0 Å². The molecule has 230 valence electrons. The van der Waals surface area contributed by atoms with Crippen molar-refractivity contribution in [1.29, 1.82) is 0 Å². The lowest BCUT2D eigenvalue weighted by atomic mass is 9.66. The maximum absolute atomic E-state index is 6.76. The number of para-hydroxylation sites is 1. The molecule has 0 fully saturated rings. The topological polar surface area (TPSA) is 35.0 Å². The summed E-state index contributed by atoms with van der Waals surface area (Å²) in [6.45, 7) is 0. The minimum absolute atomic E-state index is 0.459. The largest absolute Gasteiger partial charge is 0.457 e. The number of hydrogen-bond donors (Lipinski definition) is 0. The molecular weight excluding hydrogens is 617 g/mol. The molecule has 49 heavy (non-hydrogen) atoms. The zero-order valence-electron chi connectivity index (χ0n) is 26.4. The van der Waals surface area contributed by atoms with Crippen molar-refractivity contribution in [2.45, 2.75) is 5.41 Å². The van der Waals surface area contributed by atoms with Gasteiger partial charge >= 0.3 is 0 Å². The first-order chi connectivity index (χ1) is 24.3. The number of benzene rings is 6. The maximum atomic E-state index is 6.76. The molecule has 3 heterocycles. The Morgan fingerprint density at radius 2 is 0.980 bits per heavy atom. The van der Waals surface area contributed by atoms with Crippen LogP contribution in [0.25, 0.3) is 54.8 Å². The van der Waals surface area contributed by atoms with E-state index >= 15 is 0 Å². The molecule has 0 saturated carbocycles. The Hall–Kier alpha value is -6.10. The lowest BCUT2D eigenvalue weighted by Crippen LogP contribution is -2.32. The fraction of sp³-hybridized carbons (Fsp3) is 0.0222. The van der Waals surface area contributed by atoms with Crippen LogP contribution < -0.4 is 4.74 Å². The number of fused-ring (bicyclic) bond motifs is 9. The van der Waals surface area contributed by atoms with Crippen LogP contribution in [-0.2, 0) is 5.41 Å². The second kappa shape index (κ2) is 11.0. The van der Waals surface area contributed by atoms with Gasteiger partial charge in [0, 0.05) is 27.1 Å². The number of nitrogens with zero attached hydrogens (tertiary/aromatic N) is 2. The van der Waals surface area contributed by atoms with Crippen molar-refractivity contribution in [2.24, 2.45) is 0 Å². The van der Waals surface area contributed by atoms with Crippen LogP contribution in [0.5, 0.6) is 11.5 Å². The average molecular weight is 645 g/mol. The molecule has 8 aromatic rings. The highest BCUT2D eigenvalue weighted by molar-refractivity contribution is 7.18. The molecule has 3 nitrogen and oxygen atoms in total. The van der Waals surface area contributed by atoms with Gasteiger partial charge in [0.2, 0.25) is 0 Å². The molecule has 0 atom stereocenters. The minimum atomic E-state index is -0.459. The van der Waals surface area contributed by atoms with Gasteiger partial charge in [-0.15, -0.1) is 11.3 Å². The first-order valence-electron chi connectivity index (χ1n) is 16.5. The summed E-state index contributed by atoms with van der Waals surface area (Å²) in [5.41, 5.74) is 12.0. The van der Waals surface area contributed by atoms with Crippen LogP contribution in [0.4, 0.5) is 0 Å². The van der Waals surface area contributed by atoms with E-state index in [0.29, 0.717) is 0 Å². The van der Waals surface area contributed by atoms with Gasteiger partial charge in [-0.25, -0.2) is 9.97 Å². The van der Waals surface area contributed by atoms with Gasteiger partial charge in [0.1, 0.15) is 11.5 Å². The van der Waals surface area contributed by atoms with E-state index in [1.807, 2.05) is 36.4 Å². The normalized spacial score (nSPS) is 13.2. The van der Waals surface area contributed by atoms with Gasteiger partial charge in [0.15, 0.2) is 5.82 Å². The number of ether oxygens (including phenoxy) is 1. The van der Waals surface area contributed by atoms with Gasteiger partial charge in [-0.3, -0.25) is 0 Å². The molecule has 1 aliphatic carbocycles. The smallest absolute Gasteiger partial charge is 0.160 e. The summed E-state index contributed by atoms with van der Waals surface area (Å²) in [5, 5.41) is 0. The van der Waals surface area contributed by atoms with Gasteiger partial charge in [-0.05, 0) is 58.1 Å². The third-order valence-electron chi connectivity index (χ3n) is 9.82. The van der Waals surface area contributed by atoms with Crippen molar-refractivity contribution < 1.29 is 4.74 Å². The lowest BCUT2D eigenvalue weighted by molar-refractivity contribution is 0.436. The Kier molecular flexibility index (Phi) is 6.27. The standard InChI is InChI=1S/C45H28N2OS/c1-3-13-29(14-4-1)38-28-39(47-44(46-38)30-15-5-2-6-16-30)43-26-25-42(49-43)31-23-24-37-41(27-31)48-40-22-12-11-21-36(40)45(37)34-19-9-7-17-32(34)33-18-8-10-20-35(33)45/h1-28H. The first-order valence-corrected chi connectivity index (χ1v) is 17.3. The molecule has 1 spiro atoms. The monoisotopic (exact) mass is 644 g/mol. The Labute approximate surface area is 288 Å². The number of rotatable bonds is 4. The molecule has 6 aromatic carbocycles. The summed E-state index contributed by atoms with van der Waals surface area (Å²) in [5.74, 6) is 2.50. The zero-order chi connectivity index (χ0) is 32.4. The van der Waals surface area contributed by atoms with Crippen LogP contribution in [0.15, 0.2) is 170 Å². The Morgan fingerprint density at radius 1 is 0.408 bits per heavy atom. The molecule has 2 aliphatic rings. The maximum Gasteiger partial charge on any atom is 0.160 e. The highest BCUT2D eigenvalue weighted by Gasteiger charge is 2.50. The summed E-state index contributed by atoms with van der Waals surface area (Å²) >= 11 is 1.74. The Morgan fingerprint density at radius 3 is 1.71 bits per heavy atom. The quantitative estimate of drug-likeness (QED) is 0.191. The van der Waals surface area contributed by atoms with Crippen LogP contribution >= 0.6 is 11.3 Å². The second-order valence-electron chi connectivity index (χ2n) is 12.5. The van der Waals surface area contributed by atoms with Crippen molar-refractivity contribution in [3.8, 4) is 66.3 Å². The van der Waals surface area contributed by atoms with Crippen molar-refractivity contribution >= 4 is 11.3 Å². The van der Waals surface area contributed by atoms with Crippen molar-refractivity contribution in [3.05, 3.63) is 192 Å². The molecule has 10 rings (SSSR count). The first kappa shape index (κ1) is 28.0. The highest BCUT2D eigenvalue weighted by atomic mass is 32.1. The number of aromatic nitrogens is 2. The van der Waals surface area contributed by atoms with Crippen LogP contribution in [0.1, 0.15) is 22.3 Å². The minimum Gasteiger partial charge on any atom is -0.457 e. The predicted molar refractivity (Wildman–Crippen MR) is 199 cm³/mol. The van der Waals surface area contributed by atoms with E-state index in [1.165, 1.54) is 33.4 Å². The molecule has 4 heteroatoms. The highest BCUT2D eigenvalue weighted by Crippen LogP contribution is 2.62. The molecule has 2 aromatic heterocycles. The van der Waals surface area contributed by atoms with Gasteiger partial charge in [-0.2, -0.15) is 0 Å². The van der Waals surface area contributed by atoms with Gasteiger partial charge in [0.05, 0.1) is 21.7 Å². The predicted octanol–water partition coefficient (Wildman–Crippen LogP) is 11.7. The SMILES string of the molecule is c1ccc(-c2cc(-c3ccc(-c4ccc5c(c4)Oc4ccccc4C54c5ccccc5-c5ccccc54)s3)nc(-c3ccccc3)n2)cc1. The van der Waals surface area contributed by atoms with Crippen LogP contribution in [0, 0.1) is 0 Å². The van der Waals surface area contributed by atoms with Gasteiger partial charge < -0.3 is 4.74 Å². The molecule has 0 N–H and O–H groups in total. The summed E-state index contributed by atoms with van der Waals surface area (Å²) in [6, 6.07) is 59.9. The molecular formula is C45H28N2OS. The molecule has 0 unspecified atom stereocenters. The third kappa shape index (κ3) is 4.28. The zero-order valence-corrected chi connectivity index (χ0v) is 27.2. The second-order valence-corrected chi connectivity index (χ2v) is 13.6. The molecule has 0 amide bonds. The van der Waals surface area contributed by atoms with E-state index in [4.69, 9.17) is 14.7 Å². The molecule has 0 saturated heterocycles. The average Bonchev–Trinajstić information content (AvgIpc) is 3.78. The summed E-state index contributed by atoms with van der Waals surface area (Å²) in [7, 11) is 0. The fourth-order valence-electron chi connectivity index (χ4n) is 7.69. The molecule has 0 radical (unpaired) electrons. The van der Waals surface area contributed by atoms with Gasteiger partial charge in [0.25, 0.3) is 0 Å². The lowest BCUT2D eigenvalue weighted by Gasteiger charge is -2.39. The van der Waals surface area contributed by atoms with Crippen LogP contribution in [-0.4, -0.2) is 9.97 Å². The van der Waals surface area contributed by atoms with Crippen molar-refractivity contribution in [1.82, 2.24) is 9.97 Å². The fourth-order valence-corrected chi connectivity index (χ4v) is 8.65. The van der Waals surface area contributed by atoms with E-state index < -0.39 is 5.41 Å². The third-order valence-corrected chi connectivity index (χ3v) is 11.0. The van der Waals surface area contributed by atoms with E-state index in [9.17, 15) is 0 Å². The van der Waals surface area contributed by atoms with E-state index in [1.54, 1.807) is 11.3 Å². The Bertz CT molecular complexity index is 2430. The summed E-state index contributed by atoms with van der Waals surface area (Å²) in [4.78, 5) is 12.3. The van der Waals surface area contributed by atoms with Gasteiger partial charge in [-0.1, -0.05) is 140 Å².